The molecule has 0 bridgehead atoms. The molecule has 6 aliphatic rings. The standard InChI is InChI=1S/C26H41NO2/c1-16-23-22(29-26(16)10-4-5-13-27-26)15-21-19-7-6-17-14-18(28)8-11-24(17,2)20(19)9-12-25(21,23)3/h6,16,18-23,27-28H,4-5,7-15H2,1-3H3/t16-,18-,19+,20-,21-,22-,23-,24-,25-,26+/m0/s1. The first-order chi connectivity index (χ1) is 13.9. The van der Waals surface area contributed by atoms with Crippen molar-refractivity contribution in [2.45, 2.75) is 103 Å². The maximum atomic E-state index is 10.2. The van der Waals surface area contributed by atoms with E-state index in [2.05, 4.69) is 32.2 Å². The van der Waals surface area contributed by atoms with Gasteiger partial charge in [0.05, 0.1) is 12.2 Å². The number of ether oxygens (including phenoxy) is 1. The monoisotopic (exact) mass is 399 g/mol. The normalized spacial score (nSPS) is 58.9. The Balaban J connectivity index is 1.30. The van der Waals surface area contributed by atoms with Crippen molar-refractivity contribution in [1.29, 1.82) is 0 Å². The van der Waals surface area contributed by atoms with Crippen molar-refractivity contribution in [3.63, 3.8) is 0 Å². The van der Waals surface area contributed by atoms with Crippen LogP contribution in [0.1, 0.15) is 85.0 Å². The average molecular weight is 400 g/mol. The Morgan fingerprint density at radius 2 is 1.97 bits per heavy atom. The zero-order valence-electron chi connectivity index (χ0n) is 18.8. The maximum absolute atomic E-state index is 10.2. The fourth-order valence-corrected chi connectivity index (χ4v) is 9.74. The van der Waals surface area contributed by atoms with Crippen LogP contribution < -0.4 is 5.32 Å². The SMILES string of the molecule is C[C@H]1[C@H]2[C@H](C[C@H]3[C@@H]4CC=C5C[C@@H](O)CC[C@]5(C)[C@H]4CC[C@]23C)O[C@]12CCCCN2. The molecular weight excluding hydrogens is 358 g/mol. The molecule has 0 aromatic rings. The molecule has 0 aromatic carbocycles. The van der Waals surface area contributed by atoms with Gasteiger partial charge in [-0.15, -0.1) is 0 Å². The van der Waals surface area contributed by atoms with Gasteiger partial charge in [0.2, 0.25) is 0 Å². The van der Waals surface area contributed by atoms with Gasteiger partial charge in [0.25, 0.3) is 0 Å². The third-order valence-electron chi connectivity index (χ3n) is 11.2. The van der Waals surface area contributed by atoms with Crippen molar-refractivity contribution in [2.24, 2.45) is 40.4 Å². The smallest absolute Gasteiger partial charge is 0.122 e. The molecule has 6 rings (SSSR count). The van der Waals surface area contributed by atoms with E-state index >= 15 is 0 Å². The van der Waals surface area contributed by atoms with Crippen molar-refractivity contribution < 1.29 is 9.84 Å². The molecule has 3 heteroatoms. The molecule has 0 amide bonds. The second kappa shape index (κ2) is 6.33. The van der Waals surface area contributed by atoms with Gasteiger partial charge in [0, 0.05) is 5.92 Å². The van der Waals surface area contributed by atoms with Crippen molar-refractivity contribution in [1.82, 2.24) is 5.32 Å². The number of piperidine rings is 1. The molecule has 4 aliphatic carbocycles. The van der Waals surface area contributed by atoms with Crippen LogP contribution in [0.4, 0.5) is 0 Å². The topological polar surface area (TPSA) is 41.5 Å². The lowest BCUT2D eigenvalue weighted by Gasteiger charge is -2.58. The van der Waals surface area contributed by atoms with Gasteiger partial charge in [-0.3, -0.25) is 5.32 Å². The summed E-state index contributed by atoms with van der Waals surface area (Å²) < 4.78 is 6.95. The van der Waals surface area contributed by atoms with Crippen molar-refractivity contribution in [2.75, 3.05) is 6.54 Å². The fraction of sp³-hybridized carbons (Fsp3) is 0.923. The predicted octanol–water partition coefficient (Wildman–Crippen LogP) is 5.04. The van der Waals surface area contributed by atoms with Crippen LogP contribution in [0.3, 0.4) is 0 Å². The van der Waals surface area contributed by atoms with Crippen LogP contribution in [-0.4, -0.2) is 29.6 Å². The molecule has 1 spiro atoms. The van der Waals surface area contributed by atoms with Gasteiger partial charge in [-0.1, -0.05) is 32.4 Å². The van der Waals surface area contributed by atoms with E-state index in [0.717, 1.165) is 43.1 Å². The van der Waals surface area contributed by atoms with Crippen LogP contribution in [0.15, 0.2) is 11.6 Å². The van der Waals surface area contributed by atoms with Crippen LogP contribution in [0, 0.1) is 40.4 Å². The fourth-order valence-electron chi connectivity index (χ4n) is 9.74. The van der Waals surface area contributed by atoms with Crippen LogP contribution >= 0.6 is 0 Å². The Morgan fingerprint density at radius 1 is 1.10 bits per heavy atom. The zero-order valence-corrected chi connectivity index (χ0v) is 18.8. The molecule has 0 radical (unpaired) electrons. The molecular formula is C26H41NO2. The van der Waals surface area contributed by atoms with E-state index in [1.54, 1.807) is 5.57 Å². The minimum absolute atomic E-state index is 0.0243. The molecule has 2 heterocycles. The molecule has 3 nitrogen and oxygen atoms in total. The van der Waals surface area contributed by atoms with Gasteiger partial charge in [-0.05, 0) is 105 Å². The quantitative estimate of drug-likeness (QED) is 0.561. The molecule has 3 saturated carbocycles. The number of hydrogen-bond acceptors (Lipinski definition) is 3. The summed E-state index contributed by atoms with van der Waals surface area (Å²) in [5.74, 6) is 3.83. The van der Waals surface area contributed by atoms with Gasteiger partial charge in [0.15, 0.2) is 0 Å². The number of allylic oxidation sites excluding steroid dienone is 1. The van der Waals surface area contributed by atoms with E-state index in [0.29, 0.717) is 22.9 Å². The second-order valence-electron chi connectivity index (χ2n) is 12.2. The van der Waals surface area contributed by atoms with Gasteiger partial charge in [-0.2, -0.15) is 0 Å². The van der Waals surface area contributed by atoms with Crippen LogP contribution in [-0.2, 0) is 4.74 Å². The van der Waals surface area contributed by atoms with Gasteiger partial charge < -0.3 is 9.84 Å². The first-order valence-corrected chi connectivity index (χ1v) is 12.7. The molecule has 5 fully saturated rings. The van der Waals surface area contributed by atoms with E-state index < -0.39 is 0 Å². The number of nitrogens with one attached hydrogen (secondary N) is 1. The third kappa shape index (κ3) is 2.47. The van der Waals surface area contributed by atoms with Crippen molar-refractivity contribution in [3.05, 3.63) is 11.6 Å². The average Bonchev–Trinajstić information content (AvgIpc) is 3.14. The van der Waals surface area contributed by atoms with Gasteiger partial charge in [-0.25, -0.2) is 0 Å². The van der Waals surface area contributed by atoms with Crippen LogP contribution in [0.5, 0.6) is 0 Å². The Kier molecular flexibility index (Phi) is 4.21. The second-order valence-corrected chi connectivity index (χ2v) is 12.2. The summed E-state index contributed by atoms with van der Waals surface area (Å²) >= 11 is 0. The Labute approximate surface area is 177 Å². The highest BCUT2D eigenvalue weighted by Gasteiger charge is 2.67. The van der Waals surface area contributed by atoms with Crippen molar-refractivity contribution in [3.8, 4) is 0 Å². The Hall–Kier alpha value is -0.380. The predicted molar refractivity (Wildman–Crippen MR) is 115 cm³/mol. The number of hydrogen-bond donors (Lipinski definition) is 2. The molecule has 162 valence electrons. The first-order valence-electron chi connectivity index (χ1n) is 12.7. The number of fused-ring (bicyclic) bond motifs is 7. The van der Waals surface area contributed by atoms with E-state index in [4.69, 9.17) is 4.74 Å². The number of rotatable bonds is 0. The molecule has 0 unspecified atom stereocenters. The molecule has 2 saturated heterocycles. The van der Waals surface area contributed by atoms with E-state index in [9.17, 15) is 5.11 Å². The summed E-state index contributed by atoms with van der Waals surface area (Å²) in [6.45, 7) is 8.82. The minimum atomic E-state index is -0.0981. The largest absolute Gasteiger partial charge is 0.393 e. The highest BCUT2D eigenvalue weighted by atomic mass is 16.5. The number of aliphatic hydroxyl groups is 1. The summed E-state index contributed by atoms with van der Waals surface area (Å²) in [6.07, 6.45) is 15.2. The molecule has 0 aromatic heterocycles. The summed E-state index contributed by atoms with van der Waals surface area (Å²) in [4.78, 5) is 0. The molecule has 29 heavy (non-hydrogen) atoms. The highest BCUT2D eigenvalue weighted by molar-refractivity contribution is 5.26. The van der Waals surface area contributed by atoms with E-state index in [1.165, 1.54) is 51.4 Å². The minimum Gasteiger partial charge on any atom is -0.393 e. The lowest BCUT2D eigenvalue weighted by Crippen LogP contribution is -2.55. The third-order valence-corrected chi connectivity index (χ3v) is 11.2. The van der Waals surface area contributed by atoms with Crippen molar-refractivity contribution >= 4 is 0 Å². The van der Waals surface area contributed by atoms with Crippen LogP contribution in [0.25, 0.3) is 0 Å². The summed E-state index contributed by atoms with van der Waals surface area (Å²) in [7, 11) is 0. The Morgan fingerprint density at radius 3 is 2.76 bits per heavy atom. The van der Waals surface area contributed by atoms with Crippen LogP contribution in [0.2, 0.25) is 0 Å². The molecule has 10 atom stereocenters. The highest BCUT2D eigenvalue weighted by Crippen LogP contribution is 2.70. The number of aliphatic hydroxyl groups excluding tert-OH is 1. The lowest BCUT2D eigenvalue weighted by atomic mass is 9.47. The van der Waals surface area contributed by atoms with E-state index in [-0.39, 0.29) is 11.8 Å². The summed E-state index contributed by atoms with van der Waals surface area (Å²) in [5.41, 5.74) is 2.36. The lowest BCUT2D eigenvalue weighted by molar-refractivity contribution is -0.110. The van der Waals surface area contributed by atoms with E-state index in [1.807, 2.05) is 0 Å². The summed E-state index contributed by atoms with van der Waals surface area (Å²) in [5, 5.41) is 14.1. The first kappa shape index (κ1) is 19.3. The summed E-state index contributed by atoms with van der Waals surface area (Å²) in [6, 6.07) is 0. The molecule has 2 aliphatic heterocycles. The molecule has 2 N–H and O–H groups in total. The zero-order chi connectivity index (χ0) is 20.0. The van der Waals surface area contributed by atoms with Gasteiger partial charge >= 0.3 is 0 Å². The maximum Gasteiger partial charge on any atom is 0.122 e. The van der Waals surface area contributed by atoms with Gasteiger partial charge in [0.1, 0.15) is 5.72 Å². The Bertz CT molecular complexity index is 711.